The van der Waals surface area contributed by atoms with Crippen molar-refractivity contribution in [3.05, 3.63) is 42.0 Å². The maximum atomic E-state index is 14.6. The molecule has 2 N–H and O–H groups in total. The molecule has 1 aliphatic rings. The third-order valence-corrected chi connectivity index (χ3v) is 5.66. The van der Waals surface area contributed by atoms with Crippen LogP contribution in [0.5, 0.6) is 5.75 Å². The van der Waals surface area contributed by atoms with Gasteiger partial charge in [0.25, 0.3) is 0 Å². The third kappa shape index (κ3) is 4.79. The summed E-state index contributed by atoms with van der Waals surface area (Å²) in [5, 5.41) is 25.9. The summed E-state index contributed by atoms with van der Waals surface area (Å²) < 4.78 is 22.1. The number of piperidine rings is 1. The summed E-state index contributed by atoms with van der Waals surface area (Å²) in [7, 11) is 1.83. The van der Waals surface area contributed by atoms with Crippen LogP contribution in [0.4, 0.5) is 16.0 Å². The lowest BCUT2D eigenvalue weighted by atomic mass is 10.0. The number of nitrogens with one attached hydrogen (secondary N) is 1. The molecule has 1 aromatic carbocycles. The fourth-order valence-electron chi connectivity index (χ4n) is 3.60. The van der Waals surface area contributed by atoms with Crippen molar-refractivity contribution < 1.29 is 19.0 Å². The molecule has 3 aromatic rings. The lowest BCUT2D eigenvalue weighted by molar-refractivity contribution is -0.138. The van der Waals surface area contributed by atoms with Crippen molar-refractivity contribution in [3.63, 3.8) is 0 Å². The van der Waals surface area contributed by atoms with Crippen molar-refractivity contribution in [2.75, 3.05) is 25.0 Å². The molecule has 2 aromatic heterocycles. The number of alkyl halides is 1. The number of likely N-dealkylation sites (tertiary alicyclic amines) is 1. The number of ether oxygens (including phenoxy) is 1. The zero-order valence-electron chi connectivity index (χ0n) is 18.6. The van der Waals surface area contributed by atoms with E-state index in [4.69, 9.17) is 9.84 Å². The number of aromatic nitrogens is 5. The van der Waals surface area contributed by atoms with Crippen LogP contribution in [0.3, 0.4) is 0 Å². The number of aliphatic hydroxyl groups is 1. The molecule has 1 saturated heterocycles. The first-order valence-corrected chi connectivity index (χ1v) is 10.6. The number of anilines is 2. The Kier molecular flexibility index (Phi) is 6.65. The molecule has 0 saturated carbocycles. The zero-order valence-corrected chi connectivity index (χ0v) is 18.6. The molecule has 3 heterocycles. The molecule has 0 aliphatic carbocycles. The Labute approximate surface area is 194 Å². The summed E-state index contributed by atoms with van der Waals surface area (Å²) >= 11 is 0. The zero-order chi connectivity index (χ0) is 24.2. The molecule has 1 aliphatic heterocycles. The summed E-state index contributed by atoms with van der Waals surface area (Å²) in [4.78, 5) is 25.6. The highest BCUT2D eigenvalue weighted by molar-refractivity contribution is 5.77. The second kappa shape index (κ2) is 9.80. The SMILES string of the molecule is Cc1c(Nc2ncnc(-c3ccc(OC4CCN(C(=O)CO)CC4F)c(C#N)c3)n2)cnn1C. The smallest absolute Gasteiger partial charge is 0.248 e. The van der Waals surface area contributed by atoms with Crippen molar-refractivity contribution in [1.82, 2.24) is 29.6 Å². The van der Waals surface area contributed by atoms with Crippen LogP contribution in [0.1, 0.15) is 17.7 Å². The predicted molar refractivity (Wildman–Crippen MR) is 119 cm³/mol. The van der Waals surface area contributed by atoms with Gasteiger partial charge in [0.15, 0.2) is 12.0 Å². The number of carbonyl (C=O) groups is 1. The average Bonchev–Trinajstić information content (AvgIpc) is 3.17. The number of rotatable bonds is 6. The first-order valence-electron chi connectivity index (χ1n) is 10.6. The van der Waals surface area contributed by atoms with Gasteiger partial charge in [-0.1, -0.05) is 0 Å². The minimum absolute atomic E-state index is 0.166. The van der Waals surface area contributed by atoms with E-state index in [1.165, 1.54) is 11.2 Å². The molecule has 1 amide bonds. The van der Waals surface area contributed by atoms with E-state index in [0.717, 1.165) is 11.4 Å². The van der Waals surface area contributed by atoms with Crippen LogP contribution in [0.2, 0.25) is 0 Å². The Balaban J connectivity index is 1.50. The Morgan fingerprint density at radius 2 is 2.24 bits per heavy atom. The van der Waals surface area contributed by atoms with Crippen molar-refractivity contribution in [3.8, 4) is 23.2 Å². The van der Waals surface area contributed by atoms with E-state index in [1.807, 2.05) is 14.0 Å². The van der Waals surface area contributed by atoms with Gasteiger partial charge in [-0.3, -0.25) is 9.48 Å². The molecule has 0 bridgehead atoms. The molecule has 0 radical (unpaired) electrons. The Morgan fingerprint density at radius 1 is 1.41 bits per heavy atom. The molecular weight excluding hydrogens is 443 g/mol. The molecule has 1 fully saturated rings. The van der Waals surface area contributed by atoms with E-state index < -0.39 is 24.8 Å². The monoisotopic (exact) mass is 466 g/mol. The third-order valence-electron chi connectivity index (χ3n) is 5.66. The van der Waals surface area contributed by atoms with Crippen LogP contribution in [0.25, 0.3) is 11.4 Å². The molecule has 4 rings (SSSR count). The van der Waals surface area contributed by atoms with E-state index >= 15 is 0 Å². The fourth-order valence-corrected chi connectivity index (χ4v) is 3.60. The predicted octanol–water partition coefficient (Wildman–Crippen LogP) is 1.51. The standard InChI is InChI=1S/C22H23FN8O3/c1-13-17(9-27-30(13)2)28-22-26-12-25-21(29-22)14-3-4-18(15(7-14)8-24)34-19-5-6-31(10-16(19)23)20(33)11-32/h3-4,7,9,12,16,19,32H,5-6,10-11H2,1-2H3,(H,25,26,28,29). The minimum Gasteiger partial charge on any atom is -0.486 e. The molecule has 11 nitrogen and oxygen atoms in total. The van der Waals surface area contributed by atoms with Crippen LogP contribution in [0.15, 0.2) is 30.7 Å². The van der Waals surface area contributed by atoms with Gasteiger partial charge in [0.1, 0.15) is 30.9 Å². The van der Waals surface area contributed by atoms with Crippen LogP contribution in [0, 0.1) is 18.3 Å². The highest BCUT2D eigenvalue weighted by Crippen LogP contribution is 2.28. The Hall–Kier alpha value is -4.11. The van der Waals surface area contributed by atoms with Crippen molar-refractivity contribution in [2.24, 2.45) is 7.05 Å². The number of hydrogen-bond donors (Lipinski definition) is 2. The Bertz CT molecular complexity index is 1240. The highest BCUT2D eigenvalue weighted by Gasteiger charge is 2.33. The largest absolute Gasteiger partial charge is 0.486 e. The normalized spacial score (nSPS) is 17.8. The number of benzene rings is 1. The lowest BCUT2D eigenvalue weighted by Crippen LogP contribution is -2.50. The maximum absolute atomic E-state index is 14.6. The van der Waals surface area contributed by atoms with Crippen molar-refractivity contribution in [1.29, 1.82) is 5.26 Å². The number of nitrogens with zero attached hydrogens (tertiary/aromatic N) is 7. The number of aliphatic hydroxyl groups excluding tert-OH is 1. The number of halogens is 1. The van der Waals surface area contributed by atoms with Crippen LogP contribution < -0.4 is 10.1 Å². The van der Waals surface area contributed by atoms with Gasteiger partial charge < -0.3 is 20.1 Å². The highest BCUT2D eigenvalue weighted by atomic mass is 19.1. The van der Waals surface area contributed by atoms with Gasteiger partial charge in [-0.05, 0) is 25.1 Å². The van der Waals surface area contributed by atoms with E-state index in [0.29, 0.717) is 17.3 Å². The number of carbonyl (C=O) groups excluding carboxylic acids is 1. The van der Waals surface area contributed by atoms with Gasteiger partial charge in [-0.15, -0.1) is 0 Å². The van der Waals surface area contributed by atoms with Crippen molar-refractivity contribution in [2.45, 2.75) is 25.6 Å². The second-order valence-electron chi connectivity index (χ2n) is 7.81. The van der Waals surface area contributed by atoms with E-state index in [9.17, 15) is 14.4 Å². The van der Waals surface area contributed by atoms with E-state index in [2.05, 4.69) is 31.4 Å². The number of amides is 1. The van der Waals surface area contributed by atoms with Crippen LogP contribution in [-0.4, -0.2) is 72.6 Å². The first kappa shape index (κ1) is 23.1. The lowest BCUT2D eigenvalue weighted by Gasteiger charge is -2.34. The number of aryl methyl sites for hydroxylation is 1. The maximum Gasteiger partial charge on any atom is 0.248 e. The van der Waals surface area contributed by atoms with Gasteiger partial charge in [0, 0.05) is 25.6 Å². The average molecular weight is 466 g/mol. The summed E-state index contributed by atoms with van der Waals surface area (Å²) in [6, 6.07) is 6.90. The van der Waals surface area contributed by atoms with E-state index in [-0.39, 0.29) is 30.8 Å². The molecule has 12 heteroatoms. The molecule has 176 valence electrons. The topological polar surface area (TPSA) is 142 Å². The van der Waals surface area contributed by atoms with Gasteiger partial charge >= 0.3 is 0 Å². The van der Waals surface area contributed by atoms with Gasteiger partial charge in [0.2, 0.25) is 11.9 Å². The van der Waals surface area contributed by atoms with E-state index in [1.54, 1.807) is 29.1 Å². The summed E-state index contributed by atoms with van der Waals surface area (Å²) in [6.45, 7) is 1.35. The number of nitriles is 1. The molecule has 2 unspecified atom stereocenters. The summed E-state index contributed by atoms with van der Waals surface area (Å²) in [5.41, 5.74) is 2.44. The van der Waals surface area contributed by atoms with Gasteiger partial charge in [-0.25, -0.2) is 14.4 Å². The van der Waals surface area contributed by atoms with Crippen molar-refractivity contribution >= 4 is 17.5 Å². The second-order valence-corrected chi connectivity index (χ2v) is 7.81. The summed E-state index contributed by atoms with van der Waals surface area (Å²) in [5.74, 6) is 0.387. The first-order chi connectivity index (χ1) is 16.4. The van der Waals surface area contributed by atoms with Gasteiger partial charge in [0.05, 0.1) is 29.7 Å². The van der Waals surface area contributed by atoms with Crippen LogP contribution in [-0.2, 0) is 11.8 Å². The fraction of sp³-hybridized carbons (Fsp3) is 0.364. The van der Waals surface area contributed by atoms with Gasteiger partial charge in [-0.2, -0.15) is 15.3 Å². The number of hydrogen-bond acceptors (Lipinski definition) is 9. The quantitative estimate of drug-likeness (QED) is 0.553. The molecule has 34 heavy (non-hydrogen) atoms. The Morgan fingerprint density at radius 3 is 2.91 bits per heavy atom. The molecule has 0 spiro atoms. The van der Waals surface area contributed by atoms with Crippen LogP contribution >= 0.6 is 0 Å². The minimum atomic E-state index is -1.44. The molecular formula is C22H23FN8O3. The molecule has 2 atom stereocenters. The summed E-state index contributed by atoms with van der Waals surface area (Å²) in [6.07, 6.45) is 1.03.